The number of hydrogen-bond donors (Lipinski definition) is 1. The van der Waals surface area contributed by atoms with Gasteiger partial charge in [0.2, 0.25) is 0 Å². The largest absolute Gasteiger partial charge is 0.469 e. The lowest BCUT2D eigenvalue weighted by Gasteiger charge is -2.02. The number of anilines is 1. The van der Waals surface area contributed by atoms with E-state index in [9.17, 15) is 14.9 Å². The summed E-state index contributed by atoms with van der Waals surface area (Å²) >= 11 is 0. The minimum atomic E-state index is -0.442. The Kier molecular flexibility index (Phi) is 3.83. The van der Waals surface area contributed by atoms with Gasteiger partial charge in [0.15, 0.2) is 5.82 Å². The van der Waals surface area contributed by atoms with Crippen LogP contribution in [0.4, 0.5) is 11.5 Å². The molecule has 0 unspecified atom stereocenters. The van der Waals surface area contributed by atoms with Crippen LogP contribution in [0, 0.1) is 10.1 Å². The summed E-state index contributed by atoms with van der Waals surface area (Å²) in [5.74, 6) is 0.179. The number of carbonyl (C=O) groups is 1. The fraction of sp³-hybridized carbons (Fsp3) is 0.333. The Morgan fingerprint density at radius 1 is 1.55 bits per heavy atom. The summed E-state index contributed by atoms with van der Waals surface area (Å²) in [5.41, 5.74) is 0.441. The van der Waals surface area contributed by atoms with Crippen molar-refractivity contribution in [3.05, 3.63) is 28.3 Å². The standard InChI is InChI=1S/C12H14N4O4/c1-15-11-8(4-3-5-9(11)16(18)19)12(14-15)13-7-6-10(17)20-2/h3-5H,6-7H2,1-2H3,(H,13,14). The maximum atomic E-state index is 11.0. The van der Waals surface area contributed by atoms with Crippen molar-refractivity contribution in [3.8, 4) is 0 Å². The van der Waals surface area contributed by atoms with Crippen molar-refractivity contribution < 1.29 is 14.5 Å². The van der Waals surface area contributed by atoms with Crippen LogP contribution in [0.2, 0.25) is 0 Å². The highest BCUT2D eigenvalue weighted by molar-refractivity contribution is 5.96. The quantitative estimate of drug-likeness (QED) is 0.505. The maximum absolute atomic E-state index is 11.0. The molecule has 1 heterocycles. The first-order valence-electron chi connectivity index (χ1n) is 5.95. The van der Waals surface area contributed by atoms with Gasteiger partial charge in [-0.05, 0) is 6.07 Å². The highest BCUT2D eigenvalue weighted by Gasteiger charge is 2.18. The number of nitro benzene ring substituents is 1. The van der Waals surface area contributed by atoms with Crippen molar-refractivity contribution in [2.45, 2.75) is 6.42 Å². The number of nitrogens with zero attached hydrogens (tertiary/aromatic N) is 3. The number of nitro groups is 1. The van der Waals surface area contributed by atoms with Crippen LogP contribution in [0.15, 0.2) is 18.2 Å². The number of fused-ring (bicyclic) bond motifs is 1. The third-order valence-corrected chi connectivity index (χ3v) is 2.89. The highest BCUT2D eigenvalue weighted by atomic mass is 16.6. The summed E-state index contributed by atoms with van der Waals surface area (Å²) in [6.45, 7) is 0.349. The van der Waals surface area contributed by atoms with Gasteiger partial charge in [0, 0.05) is 19.7 Å². The average molecular weight is 278 g/mol. The molecule has 106 valence electrons. The minimum Gasteiger partial charge on any atom is -0.469 e. The van der Waals surface area contributed by atoms with Gasteiger partial charge in [-0.15, -0.1) is 0 Å². The van der Waals surface area contributed by atoms with Gasteiger partial charge >= 0.3 is 5.97 Å². The Balaban J connectivity index is 2.30. The zero-order valence-electron chi connectivity index (χ0n) is 11.1. The number of hydrogen-bond acceptors (Lipinski definition) is 6. The van der Waals surface area contributed by atoms with E-state index in [0.29, 0.717) is 23.3 Å². The van der Waals surface area contributed by atoms with E-state index in [1.165, 1.54) is 17.9 Å². The van der Waals surface area contributed by atoms with Crippen LogP contribution in [0.25, 0.3) is 10.9 Å². The third kappa shape index (κ3) is 2.53. The van der Waals surface area contributed by atoms with E-state index in [1.54, 1.807) is 19.2 Å². The molecule has 0 spiro atoms. The van der Waals surface area contributed by atoms with Crippen molar-refractivity contribution in [3.63, 3.8) is 0 Å². The molecular weight excluding hydrogens is 264 g/mol. The van der Waals surface area contributed by atoms with E-state index in [-0.39, 0.29) is 18.1 Å². The van der Waals surface area contributed by atoms with Crippen molar-refractivity contribution in [1.29, 1.82) is 0 Å². The first-order valence-corrected chi connectivity index (χ1v) is 5.95. The zero-order chi connectivity index (χ0) is 14.7. The summed E-state index contributed by atoms with van der Waals surface area (Å²) in [7, 11) is 2.96. The van der Waals surface area contributed by atoms with Crippen LogP contribution in [-0.2, 0) is 16.6 Å². The Morgan fingerprint density at radius 2 is 2.30 bits per heavy atom. The van der Waals surface area contributed by atoms with Crippen molar-refractivity contribution >= 4 is 28.4 Å². The molecule has 1 N–H and O–H groups in total. The monoisotopic (exact) mass is 278 g/mol. The van der Waals surface area contributed by atoms with E-state index in [2.05, 4.69) is 15.2 Å². The highest BCUT2D eigenvalue weighted by Crippen LogP contribution is 2.29. The molecular formula is C12H14N4O4. The van der Waals surface area contributed by atoms with E-state index in [1.807, 2.05) is 0 Å². The molecule has 0 aliphatic carbocycles. The maximum Gasteiger partial charge on any atom is 0.307 e. The van der Waals surface area contributed by atoms with Crippen LogP contribution in [0.5, 0.6) is 0 Å². The van der Waals surface area contributed by atoms with Gasteiger partial charge in [-0.3, -0.25) is 19.6 Å². The predicted octanol–water partition coefficient (Wildman–Crippen LogP) is 1.46. The number of ether oxygens (including phenoxy) is 1. The van der Waals surface area contributed by atoms with Gasteiger partial charge in [0.1, 0.15) is 5.52 Å². The Morgan fingerprint density at radius 3 is 2.95 bits per heavy atom. The second-order valence-corrected chi connectivity index (χ2v) is 4.16. The summed E-state index contributed by atoms with van der Waals surface area (Å²) in [4.78, 5) is 21.6. The summed E-state index contributed by atoms with van der Waals surface area (Å²) in [6, 6.07) is 4.78. The van der Waals surface area contributed by atoms with Crippen LogP contribution in [-0.4, -0.2) is 34.3 Å². The Bertz CT molecular complexity index is 665. The van der Waals surface area contributed by atoms with Crippen LogP contribution >= 0.6 is 0 Å². The van der Waals surface area contributed by atoms with Crippen LogP contribution in [0.3, 0.4) is 0 Å². The topological polar surface area (TPSA) is 99.3 Å². The van der Waals surface area contributed by atoms with Gasteiger partial charge in [0.25, 0.3) is 5.69 Å². The molecule has 0 radical (unpaired) electrons. The second-order valence-electron chi connectivity index (χ2n) is 4.16. The number of para-hydroxylation sites is 1. The Hall–Kier alpha value is -2.64. The van der Waals surface area contributed by atoms with E-state index < -0.39 is 4.92 Å². The molecule has 20 heavy (non-hydrogen) atoms. The minimum absolute atomic E-state index is 0.00137. The lowest BCUT2D eigenvalue weighted by molar-refractivity contribution is -0.383. The number of methoxy groups -OCH3 is 1. The molecule has 2 rings (SSSR count). The van der Waals surface area contributed by atoms with Crippen molar-refractivity contribution in [2.24, 2.45) is 7.05 Å². The van der Waals surface area contributed by atoms with Gasteiger partial charge in [-0.1, -0.05) is 6.07 Å². The number of aromatic nitrogens is 2. The molecule has 0 saturated heterocycles. The van der Waals surface area contributed by atoms with E-state index >= 15 is 0 Å². The lowest BCUT2D eigenvalue weighted by atomic mass is 10.2. The van der Waals surface area contributed by atoms with Gasteiger partial charge in [0.05, 0.1) is 23.8 Å². The van der Waals surface area contributed by atoms with Gasteiger partial charge in [-0.2, -0.15) is 5.10 Å². The van der Waals surface area contributed by atoms with Gasteiger partial charge in [-0.25, -0.2) is 0 Å². The number of non-ortho nitro benzene ring substituents is 1. The van der Waals surface area contributed by atoms with Crippen LogP contribution in [0.1, 0.15) is 6.42 Å². The first-order chi connectivity index (χ1) is 9.54. The molecule has 1 aromatic heterocycles. The fourth-order valence-electron chi connectivity index (χ4n) is 1.98. The second kappa shape index (κ2) is 5.55. The van der Waals surface area contributed by atoms with E-state index in [0.717, 1.165) is 0 Å². The smallest absolute Gasteiger partial charge is 0.307 e. The lowest BCUT2D eigenvalue weighted by Crippen LogP contribution is -2.10. The molecule has 0 aliphatic heterocycles. The number of rotatable bonds is 5. The first kappa shape index (κ1) is 13.8. The number of aryl methyl sites for hydroxylation is 1. The number of benzene rings is 1. The normalized spacial score (nSPS) is 10.5. The summed E-state index contributed by atoms with van der Waals surface area (Å²) < 4.78 is 5.99. The third-order valence-electron chi connectivity index (χ3n) is 2.89. The summed E-state index contributed by atoms with van der Waals surface area (Å²) in [6.07, 6.45) is 0.198. The molecule has 0 bridgehead atoms. The molecule has 0 fully saturated rings. The van der Waals surface area contributed by atoms with Gasteiger partial charge < -0.3 is 10.1 Å². The zero-order valence-corrected chi connectivity index (χ0v) is 11.1. The molecule has 2 aromatic rings. The molecule has 0 aliphatic rings. The molecule has 8 heteroatoms. The fourth-order valence-corrected chi connectivity index (χ4v) is 1.98. The number of esters is 1. The van der Waals surface area contributed by atoms with Crippen LogP contribution < -0.4 is 5.32 Å². The SMILES string of the molecule is COC(=O)CCNc1nn(C)c2c([N+](=O)[O-])cccc12. The molecule has 0 atom stereocenters. The Labute approximate surface area is 114 Å². The molecule has 0 saturated carbocycles. The predicted molar refractivity (Wildman–Crippen MR) is 72.5 cm³/mol. The molecule has 1 aromatic carbocycles. The number of carbonyl (C=O) groups excluding carboxylic acids is 1. The van der Waals surface area contributed by atoms with E-state index in [4.69, 9.17) is 0 Å². The number of nitrogens with one attached hydrogen (secondary N) is 1. The molecule has 8 nitrogen and oxygen atoms in total. The average Bonchev–Trinajstić information content (AvgIpc) is 2.75. The summed E-state index contributed by atoms with van der Waals surface area (Å²) in [5, 5.41) is 18.8. The van der Waals surface area contributed by atoms with Crippen molar-refractivity contribution in [2.75, 3.05) is 19.0 Å². The molecule has 0 amide bonds. The van der Waals surface area contributed by atoms with Crippen molar-refractivity contribution in [1.82, 2.24) is 9.78 Å².